The summed E-state index contributed by atoms with van der Waals surface area (Å²) in [4.78, 5) is 30.9. The number of carbonyl (C=O) groups is 2. The topological polar surface area (TPSA) is 109 Å². The second-order valence-electron chi connectivity index (χ2n) is 4.55. The largest absolute Gasteiger partial charge is 0.480 e. The average molecular weight is 302 g/mol. The minimum Gasteiger partial charge on any atom is -0.480 e. The van der Waals surface area contributed by atoms with E-state index >= 15 is 0 Å². The van der Waals surface area contributed by atoms with E-state index in [1.165, 1.54) is 4.68 Å². The van der Waals surface area contributed by atoms with E-state index in [1.54, 1.807) is 43.8 Å². The maximum absolute atomic E-state index is 11.8. The molecule has 2 N–H and O–H groups in total. The first-order chi connectivity index (χ1) is 10.6. The lowest BCUT2D eigenvalue weighted by atomic mass is 10.2. The molecule has 2 heterocycles. The fourth-order valence-corrected chi connectivity index (χ4v) is 1.78. The number of amides is 1. The molecule has 0 aliphatic carbocycles. The zero-order chi connectivity index (χ0) is 15.9. The summed E-state index contributed by atoms with van der Waals surface area (Å²) in [5, 5.41) is 15.4. The van der Waals surface area contributed by atoms with Crippen LogP contribution in [0.5, 0.6) is 0 Å². The molecule has 1 atom stereocenters. The fourth-order valence-electron chi connectivity index (χ4n) is 1.78. The Balaban J connectivity index is 1.99. The highest BCUT2D eigenvalue weighted by molar-refractivity contribution is 5.82. The van der Waals surface area contributed by atoms with Gasteiger partial charge in [-0.3, -0.25) is 4.79 Å². The Morgan fingerprint density at radius 3 is 2.64 bits per heavy atom. The van der Waals surface area contributed by atoms with Crippen molar-refractivity contribution in [3.63, 3.8) is 0 Å². The molecular weight excluding hydrogens is 286 g/mol. The molecule has 0 aliphatic rings. The van der Waals surface area contributed by atoms with Gasteiger partial charge in [-0.15, -0.1) is 0 Å². The Morgan fingerprint density at radius 1 is 1.36 bits per heavy atom. The molecule has 2 aromatic rings. The standard InChI is InChI=1S/C14H15N5O3/c1-2-11(14(21)22)18-12(20)9-19-7-4-10(8-17-19)13-15-5-3-6-16-13/h3-8,11H,2,9H2,1H3,(H-,18,20,21,22)/p+1. The number of hydrogen-bond acceptors (Lipinski definition) is 5. The Labute approximate surface area is 126 Å². The van der Waals surface area contributed by atoms with E-state index in [-0.39, 0.29) is 6.54 Å². The zero-order valence-corrected chi connectivity index (χ0v) is 12.0. The van der Waals surface area contributed by atoms with Crippen LogP contribution in [0.3, 0.4) is 0 Å². The van der Waals surface area contributed by atoms with Crippen molar-refractivity contribution >= 4 is 11.9 Å². The van der Waals surface area contributed by atoms with Gasteiger partial charge in [-0.05, 0) is 17.6 Å². The molecule has 2 aromatic heterocycles. The summed E-state index contributed by atoms with van der Waals surface area (Å²) in [6, 6.07) is 2.58. The first kappa shape index (κ1) is 15.5. The van der Waals surface area contributed by atoms with Gasteiger partial charge < -0.3 is 10.4 Å². The van der Waals surface area contributed by atoms with Gasteiger partial charge in [-0.1, -0.05) is 11.6 Å². The summed E-state index contributed by atoms with van der Waals surface area (Å²) in [5.41, 5.74) is 0.731. The smallest absolute Gasteiger partial charge is 0.326 e. The average Bonchev–Trinajstić information content (AvgIpc) is 2.54. The highest BCUT2D eigenvalue weighted by atomic mass is 16.4. The van der Waals surface area contributed by atoms with Crippen molar-refractivity contribution in [2.24, 2.45) is 0 Å². The van der Waals surface area contributed by atoms with Gasteiger partial charge in [0.2, 0.25) is 0 Å². The number of hydrogen-bond donors (Lipinski definition) is 2. The van der Waals surface area contributed by atoms with Crippen LogP contribution in [0.4, 0.5) is 0 Å². The number of carbonyl (C=O) groups excluding carboxylic acids is 1. The van der Waals surface area contributed by atoms with Gasteiger partial charge >= 0.3 is 5.97 Å². The van der Waals surface area contributed by atoms with Gasteiger partial charge in [-0.2, -0.15) is 0 Å². The normalized spacial score (nSPS) is 11.7. The number of rotatable bonds is 6. The lowest BCUT2D eigenvalue weighted by molar-refractivity contribution is -0.742. The Kier molecular flexibility index (Phi) is 5.07. The number of nitrogens with one attached hydrogen (secondary N) is 1. The lowest BCUT2D eigenvalue weighted by Crippen LogP contribution is -2.49. The van der Waals surface area contributed by atoms with Crippen molar-refractivity contribution in [1.29, 1.82) is 0 Å². The van der Waals surface area contributed by atoms with Gasteiger partial charge in [0.25, 0.3) is 12.5 Å². The lowest BCUT2D eigenvalue weighted by Gasteiger charge is -2.09. The van der Waals surface area contributed by atoms with E-state index in [9.17, 15) is 9.59 Å². The highest BCUT2D eigenvalue weighted by Crippen LogP contribution is 2.08. The molecule has 0 aromatic carbocycles. The van der Waals surface area contributed by atoms with Gasteiger partial charge in [-0.25, -0.2) is 14.8 Å². The molecule has 0 fully saturated rings. The number of carboxylic acids is 1. The summed E-state index contributed by atoms with van der Waals surface area (Å²) in [6.07, 6.45) is 6.76. The SMILES string of the molecule is CCC(NC(=O)C[n+]1ccc(-c2ncccn2)cn1)C(=O)O. The van der Waals surface area contributed by atoms with Crippen LogP contribution in [-0.4, -0.2) is 38.1 Å². The van der Waals surface area contributed by atoms with E-state index in [0.29, 0.717) is 12.2 Å². The molecule has 0 radical (unpaired) electrons. The van der Waals surface area contributed by atoms with Crippen molar-refractivity contribution in [2.75, 3.05) is 0 Å². The summed E-state index contributed by atoms with van der Waals surface area (Å²) < 4.78 is 1.41. The Morgan fingerprint density at radius 2 is 2.09 bits per heavy atom. The molecule has 1 amide bonds. The Bertz CT molecular complexity index is 645. The molecule has 1 unspecified atom stereocenters. The highest BCUT2D eigenvalue weighted by Gasteiger charge is 2.20. The summed E-state index contributed by atoms with van der Waals surface area (Å²) >= 11 is 0. The van der Waals surface area contributed by atoms with Crippen LogP contribution >= 0.6 is 0 Å². The monoisotopic (exact) mass is 302 g/mol. The van der Waals surface area contributed by atoms with Crippen molar-refractivity contribution in [2.45, 2.75) is 25.9 Å². The number of carboxylic acid groups (broad SMARTS) is 1. The second-order valence-corrected chi connectivity index (χ2v) is 4.55. The second kappa shape index (κ2) is 7.21. The maximum atomic E-state index is 11.8. The van der Waals surface area contributed by atoms with Crippen LogP contribution < -0.4 is 10.00 Å². The zero-order valence-electron chi connectivity index (χ0n) is 12.0. The van der Waals surface area contributed by atoms with Crippen LogP contribution in [0.1, 0.15) is 13.3 Å². The molecule has 22 heavy (non-hydrogen) atoms. The van der Waals surface area contributed by atoms with E-state index in [4.69, 9.17) is 5.11 Å². The van der Waals surface area contributed by atoms with Crippen molar-refractivity contribution < 1.29 is 19.4 Å². The number of aliphatic carboxylic acids is 1. The molecule has 8 nitrogen and oxygen atoms in total. The van der Waals surface area contributed by atoms with E-state index < -0.39 is 17.9 Å². The van der Waals surface area contributed by atoms with Gasteiger partial charge in [0.15, 0.2) is 12.0 Å². The molecule has 0 saturated carbocycles. The predicted molar refractivity (Wildman–Crippen MR) is 75.3 cm³/mol. The molecule has 0 saturated heterocycles. The quantitative estimate of drug-likeness (QED) is 0.716. The Hall–Kier alpha value is -2.90. The predicted octanol–water partition coefficient (Wildman–Crippen LogP) is -0.195. The van der Waals surface area contributed by atoms with Gasteiger partial charge in [0, 0.05) is 24.0 Å². The third-order valence-corrected chi connectivity index (χ3v) is 2.94. The van der Waals surface area contributed by atoms with Crippen LogP contribution in [-0.2, 0) is 16.1 Å². The maximum Gasteiger partial charge on any atom is 0.326 e. The number of aromatic nitrogens is 4. The first-order valence-electron chi connectivity index (χ1n) is 6.75. The molecule has 8 heteroatoms. The van der Waals surface area contributed by atoms with Gasteiger partial charge in [0.1, 0.15) is 12.2 Å². The van der Waals surface area contributed by atoms with E-state index in [1.807, 2.05) is 0 Å². The van der Waals surface area contributed by atoms with Gasteiger partial charge in [0.05, 0.1) is 0 Å². The first-order valence-corrected chi connectivity index (χ1v) is 6.75. The summed E-state index contributed by atoms with van der Waals surface area (Å²) in [7, 11) is 0. The number of nitrogens with zero attached hydrogens (tertiary/aromatic N) is 4. The van der Waals surface area contributed by atoms with E-state index in [0.717, 1.165) is 5.56 Å². The molecule has 0 spiro atoms. The molecule has 0 aliphatic heterocycles. The minimum atomic E-state index is -1.05. The summed E-state index contributed by atoms with van der Waals surface area (Å²) in [5.74, 6) is -0.913. The molecular formula is C14H16N5O3+. The van der Waals surface area contributed by atoms with E-state index in [2.05, 4.69) is 20.4 Å². The molecule has 0 bridgehead atoms. The minimum absolute atomic E-state index is 0.0558. The van der Waals surface area contributed by atoms with Crippen LogP contribution in [0, 0.1) is 0 Å². The molecule has 2 rings (SSSR count). The van der Waals surface area contributed by atoms with Crippen LogP contribution in [0.15, 0.2) is 36.9 Å². The van der Waals surface area contributed by atoms with Crippen LogP contribution in [0.25, 0.3) is 11.4 Å². The third-order valence-electron chi connectivity index (χ3n) is 2.94. The fraction of sp³-hybridized carbons (Fsp3) is 0.286. The van der Waals surface area contributed by atoms with Crippen molar-refractivity contribution in [3.05, 3.63) is 36.9 Å². The summed E-state index contributed by atoms with van der Waals surface area (Å²) in [6.45, 7) is 1.64. The molecule has 114 valence electrons. The van der Waals surface area contributed by atoms with Crippen molar-refractivity contribution in [1.82, 2.24) is 20.4 Å². The third kappa shape index (κ3) is 4.05. The van der Waals surface area contributed by atoms with Crippen molar-refractivity contribution in [3.8, 4) is 11.4 Å². The van der Waals surface area contributed by atoms with Crippen LogP contribution in [0.2, 0.25) is 0 Å².